The quantitative estimate of drug-likeness (QED) is 0.584. The van der Waals surface area contributed by atoms with E-state index in [-0.39, 0.29) is 17.0 Å². The van der Waals surface area contributed by atoms with E-state index < -0.39 is 33.4 Å². The molecule has 1 aromatic heterocycles. The molecule has 0 aliphatic carbocycles. The van der Waals surface area contributed by atoms with E-state index in [0.29, 0.717) is 5.69 Å². The SMILES string of the molecule is O=C(NCc1cccnc1)Nc1ccc(S(=O)(=O)Cc2ccc(C(F)(F)F)cc2)cc1. The molecule has 0 saturated heterocycles. The number of alkyl halides is 3. The van der Waals surface area contributed by atoms with E-state index in [4.69, 9.17) is 0 Å². The normalized spacial score (nSPS) is 11.7. The van der Waals surface area contributed by atoms with Crippen LogP contribution in [-0.4, -0.2) is 19.4 Å². The van der Waals surface area contributed by atoms with Gasteiger partial charge in [-0.3, -0.25) is 4.98 Å². The molecule has 0 fully saturated rings. The standard InChI is InChI=1S/C21H18F3N3O3S/c22-21(23,24)17-5-3-15(4-6-17)14-31(29,30)19-9-7-18(8-10-19)27-20(28)26-13-16-2-1-11-25-12-16/h1-12H,13-14H2,(H2,26,27,28). The van der Waals surface area contributed by atoms with Gasteiger partial charge in [-0.1, -0.05) is 18.2 Å². The first-order valence-corrected chi connectivity index (χ1v) is 10.7. The third-order valence-electron chi connectivity index (χ3n) is 4.29. The molecule has 162 valence electrons. The lowest BCUT2D eigenvalue weighted by atomic mass is 10.1. The monoisotopic (exact) mass is 449 g/mol. The molecule has 0 aliphatic heterocycles. The average molecular weight is 449 g/mol. The molecule has 31 heavy (non-hydrogen) atoms. The molecular formula is C21H18F3N3O3S. The van der Waals surface area contributed by atoms with E-state index >= 15 is 0 Å². The molecule has 2 N–H and O–H groups in total. The molecule has 0 bridgehead atoms. The molecule has 3 aromatic rings. The van der Waals surface area contributed by atoms with E-state index in [9.17, 15) is 26.4 Å². The number of halogens is 3. The number of nitrogens with one attached hydrogen (secondary N) is 2. The molecular weight excluding hydrogens is 431 g/mol. The number of carbonyl (C=O) groups excluding carboxylic acids is 1. The summed E-state index contributed by atoms with van der Waals surface area (Å²) in [5, 5.41) is 5.24. The van der Waals surface area contributed by atoms with E-state index in [0.717, 1.165) is 29.8 Å². The van der Waals surface area contributed by atoms with Crippen LogP contribution in [0.15, 0.2) is 78.0 Å². The van der Waals surface area contributed by atoms with Crippen molar-refractivity contribution in [2.75, 3.05) is 5.32 Å². The zero-order valence-electron chi connectivity index (χ0n) is 16.1. The highest BCUT2D eigenvalue weighted by molar-refractivity contribution is 7.90. The summed E-state index contributed by atoms with van der Waals surface area (Å²) in [6.07, 6.45) is -1.24. The Hall–Kier alpha value is -3.40. The molecule has 3 rings (SSSR count). The number of benzene rings is 2. The summed E-state index contributed by atoms with van der Waals surface area (Å²) in [6, 6.07) is 12.6. The molecule has 1 heterocycles. The first-order valence-electron chi connectivity index (χ1n) is 9.06. The Morgan fingerprint density at radius 3 is 2.19 bits per heavy atom. The second-order valence-corrected chi connectivity index (χ2v) is 8.64. The Morgan fingerprint density at radius 2 is 1.61 bits per heavy atom. The molecule has 0 spiro atoms. The minimum Gasteiger partial charge on any atom is -0.334 e. The minimum absolute atomic E-state index is 0.00582. The fraction of sp³-hybridized carbons (Fsp3) is 0.143. The maximum absolute atomic E-state index is 12.6. The third-order valence-corrected chi connectivity index (χ3v) is 5.99. The fourth-order valence-corrected chi connectivity index (χ4v) is 4.05. The van der Waals surface area contributed by atoms with Gasteiger partial charge in [0, 0.05) is 24.6 Å². The van der Waals surface area contributed by atoms with Crippen LogP contribution in [0.25, 0.3) is 0 Å². The first-order chi connectivity index (χ1) is 14.6. The Bertz CT molecular complexity index is 1130. The van der Waals surface area contributed by atoms with Crippen LogP contribution in [-0.2, 0) is 28.3 Å². The van der Waals surface area contributed by atoms with Crippen LogP contribution >= 0.6 is 0 Å². The summed E-state index contributed by atoms with van der Waals surface area (Å²) < 4.78 is 63.0. The van der Waals surface area contributed by atoms with Crippen molar-refractivity contribution >= 4 is 21.6 Å². The number of anilines is 1. The lowest BCUT2D eigenvalue weighted by Crippen LogP contribution is -2.28. The molecule has 0 radical (unpaired) electrons. The Balaban J connectivity index is 1.60. The lowest BCUT2D eigenvalue weighted by molar-refractivity contribution is -0.137. The molecule has 0 saturated carbocycles. The number of hydrogen-bond donors (Lipinski definition) is 2. The summed E-state index contributed by atoms with van der Waals surface area (Å²) in [7, 11) is -3.77. The largest absolute Gasteiger partial charge is 0.416 e. The zero-order valence-corrected chi connectivity index (χ0v) is 16.9. The summed E-state index contributed by atoms with van der Waals surface area (Å²) in [5.74, 6) is -0.441. The van der Waals surface area contributed by atoms with Crippen molar-refractivity contribution in [1.82, 2.24) is 10.3 Å². The van der Waals surface area contributed by atoms with Gasteiger partial charge in [-0.25, -0.2) is 13.2 Å². The predicted molar refractivity (Wildman–Crippen MR) is 109 cm³/mol. The molecule has 2 aromatic carbocycles. The maximum Gasteiger partial charge on any atom is 0.416 e. The van der Waals surface area contributed by atoms with Gasteiger partial charge in [0.2, 0.25) is 0 Å². The summed E-state index contributed by atoms with van der Waals surface area (Å²) in [4.78, 5) is 15.9. The molecule has 0 aliphatic rings. The van der Waals surface area contributed by atoms with Crippen LogP contribution in [0.5, 0.6) is 0 Å². The molecule has 2 amide bonds. The van der Waals surface area contributed by atoms with Crippen LogP contribution in [0.1, 0.15) is 16.7 Å². The zero-order chi connectivity index (χ0) is 22.5. The molecule has 0 atom stereocenters. The van der Waals surface area contributed by atoms with Gasteiger partial charge in [-0.05, 0) is 53.6 Å². The molecule has 10 heteroatoms. The van der Waals surface area contributed by atoms with Gasteiger partial charge in [0.15, 0.2) is 9.84 Å². The number of sulfone groups is 1. The topological polar surface area (TPSA) is 88.2 Å². The van der Waals surface area contributed by atoms with Gasteiger partial charge in [0.1, 0.15) is 0 Å². The first kappa shape index (κ1) is 22.3. The van der Waals surface area contributed by atoms with Crippen molar-refractivity contribution in [3.8, 4) is 0 Å². The van der Waals surface area contributed by atoms with Crippen LogP contribution in [0.2, 0.25) is 0 Å². The summed E-state index contributed by atoms with van der Waals surface area (Å²) >= 11 is 0. The van der Waals surface area contributed by atoms with Crippen molar-refractivity contribution < 1.29 is 26.4 Å². The van der Waals surface area contributed by atoms with Gasteiger partial charge < -0.3 is 10.6 Å². The fourth-order valence-electron chi connectivity index (χ4n) is 2.70. The Labute approximate surface area is 177 Å². The predicted octanol–water partition coefficient (Wildman–Crippen LogP) is 4.40. The van der Waals surface area contributed by atoms with Crippen molar-refractivity contribution in [2.24, 2.45) is 0 Å². The highest BCUT2D eigenvalue weighted by atomic mass is 32.2. The Kier molecular flexibility index (Phi) is 6.59. The van der Waals surface area contributed by atoms with Gasteiger partial charge in [0.05, 0.1) is 16.2 Å². The highest BCUT2D eigenvalue weighted by Crippen LogP contribution is 2.29. The van der Waals surface area contributed by atoms with Crippen LogP contribution in [0, 0.1) is 0 Å². The molecule has 6 nitrogen and oxygen atoms in total. The van der Waals surface area contributed by atoms with Gasteiger partial charge in [-0.2, -0.15) is 13.2 Å². The Morgan fingerprint density at radius 1 is 0.935 bits per heavy atom. The van der Waals surface area contributed by atoms with E-state index in [1.807, 2.05) is 6.07 Å². The second kappa shape index (κ2) is 9.17. The van der Waals surface area contributed by atoms with Crippen LogP contribution in [0.4, 0.5) is 23.7 Å². The van der Waals surface area contributed by atoms with Gasteiger partial charge in [-0.15, -0.1) is 0 Å². The summed E-state index contributed by atoms with van der Waals surface area (Å²) in [6.45, 7) is 0.277. The average Bonchev–Trinajstić information content (AvgIpc) is 2.73. The van der Waals surface area contributed by atoms with Crippen molar-refractivity contribution in [2.45, 2.75) is 23.4 Å². The summed E-state index contributed by atoms with van der Waals surface area (Å²) in [5.41, 5.74) is 0.607. The number of urea groups is 1. The lowest BCUT2D eigenvalue weighted by Gasteiger charge is -2.10. The van der Waals surface area contributed by atoms with E-state index in [1.165, 1.54) is 24.3 Å². The van der Waals surface area contributed by atoms with Crippen molar-refractivity contribution in [3.63, 3.8) is 0 Å². The van der Waals surface area contributed by atoms with Gasteiger partial charge in [0.25, 0.3) is 0 Å². The van der Waals surface area contributed by atoms with Crippen molar-refractivity contribution in [1.29, 1.82) is 0 Å². The number of carbonyl (C=O) groups is 1. The van der Waals surface area contributed by atoms with Crippen LogP contribution in [0.3, 0.4) is 0 Å². The number of pyridine rings is 1. The number of nitrogens with zero attached hydrogens (tertiary/aromatic N) is 1. The number of aromatic nitrogens is 1. The molecule has 0 unspecified atom stereocenters. The number of hydrogen-bond acceptors (Lipinski definition) is 4. The maximum atomic E-state index is 12.6. The van der Waals surface area contributed by atoms with Crippen LogP contribution < -0.4 is 10.6 Å². The van der Waals surface area contributed by atoms with Gasteiger partial charge >= 0.3 is 12.2 Å². The third kappa shape index (κ3) is 6.29. The highest BCUT2D eigenvalue weighted by Gasteiger charge is 2.30. The van der Waals surface area contributed by atoms with Crippen molar-refractivity contribution in [3.05, 3.63) is 89.7 Å². The number of rotatable bonds is 6. The second-order valence-electron chi connectivity index (χ2n) is 6.65. The van der Waals surface area contributed by atoms with E-state index in [1.54, 1.807) is 18.5 Å². The minimum atomic E-state index is -4.48. The smallest absolute Gasteiger partial charge is 0.334 e. The number of amides is 2. The van der Waals surface area contributed by atoms with E-state index in [2.05, 4.69) is 15.6 Å².